The topological polar surface area (TPSA) is 55.8 Å². The van der Waals surface area contributed by atoms with E-state index in [4.69, 9.17) is 14.6 Å². The monoisotopic (exact) mass is 408 g/mol. The third kappa shape index (κ3) is 4.72. The molecule has 7 heteroatoms. The summed E-state index contributed by atoms with van der Waals surface area (Å²) in [5.74, 6) is -0.701. The maximum atomic E-state index is 13.3. The van der Waals surface area contributed by atoms with Gasteiger partial charge in [-0.1, -0.05) is 31.2 Å². The highest BCUT2D eigenvalue weighted by molar-refractivity contribution is 5.67. The van der Waals surface area contributed by atoms with Crippen LogP contribution in [-0.2, 0) is 15.7 Å². The molecule has 29 heavy (non-hydrogen) atoms. The second-order valence-electron chi connectivity index (χ2n) is 7.16. The first-order valence-corrected chi connectivity index (χ1v) is 9.50. The van der Waals surface area contributed by atoms with Gasteiger partial charge in [-0.25, -0.2) is 0 Å². The molecular weight excluding hydrogens is 385 g/mol. The van der Waals surface area contributed by atoms with Crippen LogP contribution in [0.3, 0.4) is 0 Å². The number of hydrogen-bond acceptors (Lipinski definition) is 3. The molecular formula is C22H23F3O4. The fourth-order valence-electron chi connectivity index (χ4n) is 3.90. The highest BCUT2D eigenvalue weighted by Crippen LogP contribution is 2.47. The van der Waals surface area contributed by atoms with Gasteiger partial charge in [-0.15, -0.1) is 0 Å². The van der Waals surface area contributed by atoms with Crippen molar-refractivity contribution in [3.63, 3.8) is 0 Å². The molecule has 0 radical (unpaired) electrons. The maximum Gasteiger partial charge on any atom is 0.416 e. The van der Waals surface area contributed by atoms with Gasteiger partial charge in [0, 0.05) is 6.61 Å². The first kappa shape index (κ1) is 21.2. The summed E-state index contributed by atoms with van der Waals surface area (Å²) in [5.41, 5.74) is 0.979. The number of benzene rings is 2. The van der Waals surface area contributed by atoms with Crippen LogP contribution in [0, 0.1) is 0 Å². The van der Waals surface area contributed by atoms with Crippen molar-refractivity contribution in [1.29, 1.82) is 0 Å². The lowest BCUT2D eigenvalue weighted by Crippen LogP contribution is -2.11. The summed E-state index contributed by atoms with van der Waals surface area (Å²) >= 11 is 0. The molecule has 0 fully saturated rings. The number of aliphatic carboxylic acids is 1. The third-order valence-corrected chi connectivity index (χ3v) is 5.11. The highest BCUT2D eigenvalue weighted by atomic mass is 19.4. The standard InChI is InChI=1S/C22H23F3O4/c1-3-28-18(12-20(26)27)14-7-9-15(10-8-14)29-19-11-13(2)21-16(19)5-4-6-17(21)22(23,24)25/h4-10,13,18-19H,3,11-12H2,1-2H3,(H,26,27)/t13-,18-,19+/m0/s1. The average Bonchev–Trinajstić information content (AvgIpc) is 2.97. The zero-order chi connectivity index (χ0) is 21.2. The molecule has 4 nitrogen and oxygen atoms in total. The van der Waals surface area contributed by atoms with Gasteiger partial charge in [0.15, 0.2) is 0 Å². The van der Waals surface area contributed by atoms with Gasteiger partial charge in [0.1, 0.15) is 11.9 Å². The van der Waals surface area contributed by atoms with Crippen molar-refractivity contribution in [2.45, 2.75) is 51.0 Å². The molecule has 0 heterocycles. The summed E-state index contributed by atoms with van der Waals surface area (Å²) in [6.45, 7) is 3.95. The van der Waals surface area contributed by atoms with E-state index in [0.717, 1.165) is 6.07 Å². The Balaban J connectivity index is 1.80. The van der Waals surface area contributed by atoms with Crippen LogP contribution in [-0.4, -0.2) is 17.7 Å². The van der Waals surface area contributed by atoms with Crippen molar-refractivity contribution in [3.8, 4) is 5.75 Å². The van der Waals surface area contributed by atoms with Crippen LogP contribution < -0.4 is 4.74 Å². The molecule has 1 aliphatic rings. The normalized spacial score (nSPS) is 19.6. The fourth-order valence-corrected chi connectivity index (χ4v) is 3.90. The van der Waals surface area contributed by atoms with Crippen LogP contribution in [0.1, 0.15) is 67.1 Å². The van der Waals surface area contributed by atoms with E-state index in [-0.39, 0.29) is 12.3 Å². The van der Waals surface area contributed by atoms with Crippen molar-refractivity contribution in [2.24, 2.45) is 0 Å². The van der Waals surface area contributed by atoms with Gasteiger partial charge in [-0.2, -0.15) is 13.2 Å². The molecule has 1 N–H and O–H groups in total. The number of carboxylic acids is 1. The number of hydrogen-bond donors (Lipinski definition) is 1. The average molecular weight is 408 g/mol. The Morgan fingerprint density at radius 2 is 1.90 bits per heavy atom. The number of ether oxygens (including phenoxy) is 2. The smallest absolute Gasteiger partial charge is 0.416 e. The molecule has 2 aromatic carbocycles. The van der Waals surface area contributed by atoms with E-state index in [2.05, 4.69) is 0 Å². The Morgan fingerprint density at radius 1 is 1.21 bits per heavy atom. The SMILES string of the molecule is CCO[C@@H](CC(=O)O)c1ccc(O[C@@H]2C[C@H](C)c3c2cccc3C(F)(F)F)cc1. The minimum Gasteiger partial charge on any atom is -0.486 e. The minimum atomic E-state index is -4.39. The predicted molar refractivity (Wildman–Crippen MR) is 101 cm³/mol. The first-order valence-electron chi connectivity index (χ1n) is 9.50. The van der Waals surface area contributed by atoms with Crippen LogP contribution in [0.15, 0.2) is 42.5 Å². The summed E-state index contributed by atoms with van der Waals surface area (Å²) in [6, 6.07) is 11.1. The van der Waals surface area contributed by atoms with Crippen LogP contribution in [0.2, 0.25) is 0 Å². The molecule has 0 saturated heterocycles. The third-order valence-electron chi connectivity index (χ3n) is 5.11. The lowest BCUT2D eigenvalue weighted by molar-refractivity contribution is -0.140. The maximum absolute atomic E-state index is 13.3. The van der Waals surface area contributed by atoms with Crippen molar-refractivity contribution < 1.29 is 32.5 Å². The molecule has 2 aromatic rings. The zero-order valence-electron chi connectivity index (χ0n) is 16.2. The molecule has 0 spiro atoms. The minimum absolute atomic E-state index is 0.151. The molecule has 1 aliphatic carbocycles. The number of halogens is 3. The Kier molecular flexibility index (Phi) is 6.17. The molecule has 3 atom stereocenters. The molecule has 0 unspecified atom stereocenters. The van der Waals surface area contributed by atoms with E-state index in [1.54, 1.807) is 44.2 Å². The largest absolute Gasteiger partial charge is 0.486 e. The van der Waals surface area contributed by atoms with Crippen LogP contribution >= 0.6 is 0 Å². The van der Waals surface area contributed by atoms with Crippen molar-refractivity contribution >= 4 is 5.97 Å². The van der Waals surface area contributed by atoms with Crippen molar-refractivity contribution in [3.05, 3.63) is 64.7 Å². The summed E-state index contributed by atoms with van der Waals surface area (Å²) < 4.78 is 51.5. The van der Waals surface area contributed by atoms with E-state index in [0.29, 0.717) is 35.5 Å². The van der Waals surface area contributed by atoms with Crippen LogP contribution in [0.5, 0.6) is 5.75 Å². The second-order valence-corrected chi connectivity index (χ2v) is 7.16. The summed E-state index contributed by atoms with van der Waals surface area (Å²) in [5, 5.41) is 9.03. The van der Waals surface area contributed by atoms with E-state index >= 15 is 0 Å². The van der Waals surface area contributed by atoms with Crippen LogP contribution in [0.4, 0.5) is 13.2 Å². The molecule has 0 aliphatic heterocycles. The molecule has 0 aromatic heterocycles. The van der Waals surface area contributed by atoms with Crippen molar-refractivity contribution in [2.75, 3.05) is 6.61 Å². The quantitative estimate of drug-likeness (QED) is 0.621. The zero-order valence-corrected chi connectivity index (χ0v) is 16.2. The Hall–Kier alpha value is -2.54. The predicted octanol–water partition coefficient (Wildman–Crippen LogP) is 5.89. The number of fused-ring (bicyclic) bond motifs is 1. The van der Waals surface area contributed by atoms with Gasteiger partial charge >= 0.3 is 12.1 Å². The highest BCUT2D eigenvalue weighted by Gasteiger charge is 2.40. The van der Waals surface area contributed by atoms with E-state index < -0.39 is 29.9 Å². The van der Waals surface area contributed by atoms with Crippen LogP contribution in [0.25, 0.3) is 0 Å². The van der Waals surface area contributed by atoms with E-state index in [1.165, 1.54) is 6.07 Å². The van der Waals surface area contributed by atoms with E-state index in [1.807, 2.05) is 0 Å². The van der Waals surface area contributed by atoms with Gasteiger partial charge in [0.05, 0.1) is 18.1 Å². The fraction of sp³-hybridized carbons (Fsp3) is 0.409. The number of alkyl halides is 3. The Morgan fingerprint density at radius 3 is 2.48 bits per heavy atom. The molecule has 156 valence electrons. The summed E-state index contributed by atoms with van der Waals surface area (Å²) in [4.78, 5) is 11.0. The first-order chi connectivity index (χ1) is 13.7. The second kappa shape index (κ2) is 8.45. The van der Waals surface area contributed by atoms with Gasteiger partial charge < -0.3 is 14.6 Å². The Labute approximate surface area is 167 Å². The molecule has 3 rings (SSSR count). The van der Waals surface area contributed by atoms with Gasteiger partial charge in [-0.3, -0.25) is 4.79 Å². The van der Waals surface area contributed by atoms with Crippen molar-refractivity contribution in [1.82, 2.24) is 0 Å². The summed E-state index contributed by atoms with van der Waals surface area (Å²) in [7, 11) is 0. The molecule has 0 saturated carbocycles. The number of carboxylic acid groups (broad SMARTS) is 1. The van der Waals surface area contributed by atoms with E-state index in [9.17, 15) is 18.0 Å². The van der Waals surface area contributed by atoms with Gasteiger partial charge in [0.2, 0.25) is 0 Å². The lowest BCUT2D eigenvalue weighted by atomic mass is 9.97. The number of carbonyl (C=O) groups is 1. The Bertz CT molecular complexity index is 861. The molecule has 0 amide bonds. The number of rotatable bonds is 7. The van der Waals surface area contributed by atoms with Gasteiger partial charge in [-0.05, 0) is 54.2 Å². The summed E-state index contributed by atoms with van der Waals surface area (Å²) in [6.07, 6.45) is -5.11. The lowest BCUT2D eigenvalue weighted by Gasteiger charge is -2.18. The molecule has 0 bridgehead atoms. The van der Waals surface area contributed by atoms with Gasteiger partial charge in [0.25, 0.3) is 0 Å².